The van der Waals surface area contributed by atoms with Crippen LogP contribution in [0.25, 0.3) is 0 Å². The van der Waals surface area contributed by atoms with Crippen molar-refractivity contribution in [3.63, 3.8) is 0 Å². The van der Waals surface area contributed by atoms with Gasteiger partial charge in [-0.1, -0.05) is 36.4 Å². The summed E-state index contributed by atoms with van der Waals surface area (Å²) in [7, 11) is -3.84. The summed E-state index contributed by atoms with van der Waals surface area (Å²) in [5.41, 5.74) is 0.781. The third kappa shape index (κ3) is 4.67. The van der Waals surface area contributed by atoms with E-state index in [1.54, 1.807) is 12.1 Å². The number of alkyl halides is 3. The summed E-state index contributed by atoms with van der Waals surface area (Å²) in [6.45, 7) is 0.124. The van der Waals surface area contributed by atoms with E-state index in [2.05, 4.69) is 4.72 Å². The first-order chi connectivity index (χ1) is 12.7. The lowest BCUT2D eigenvalue weighted by Gasteiger charge is -2.17. The first-order valence-corrected chi connectivity index (χ1v) is 9.83. The zero-order valence-electron chi connectivity index (χ0n) is 14.2. The Morgan fingerprint density at radius 3 is 2.56 bits per heavy atom. The average Bonchev–Trinajstić information content (AvgIpc) is 2.89. The number of carbonyl (C=O) groups is 1. The smallest absolute Gasteiger partial charge is 0.311 e. The predicted molar refractivity (Wildman–Crippen MR) is 94.6 cm³/mol. The van der Waals surface area contributed by atoms with Crippen molar-refractivity contribution in [3.8, 4) is 0 Å². The van der Waals surface area contributed by atoms with Crippen molar-refractivity contribution in [2.75, 3.05) is 18.0 Å². The van der Waals surface area contributed by atoms with E-state index in [-0.39, 0.29) is 31.0 Å². The molecule has 9 heteroatoms. The largest absolute Gasteiger partial charge is 0.416 e. The van der Waals surface area contributed by atoms with E-state index < -0.39 is 27.5 Å². The number of nitrogens with zero attached hydrogens (tertiary/aromatic N) is 1. The van der Waals surface area contributed by atoms with Crippen LogP contribution in [0.1, 0.15) is 16.7 Å². The summed E-state index contributed by atoms with van der Waals surface area (Å²) in [6, 6.07) is 11.5. The predicted octanol–water partition coefficient (Wildman–Crippen LogP) is 2.71. The second-order valence-electron chi connectivity index (χ2n) is 6.20. The maximum absolute atomic E-state index is 12.7. The van der Waals surface area contributed by atoms with Gasteiger partial charge in [0.2, 0.25) is 15.9 Å². The van der Waals surface area contributed by atoms with Crippen LogP contribution in [0.2, 0.25) is 0 Å². The number of anilines is 1. The molecule has 2 aromatic carbocycles. The Morgan fingerprint density at radius 2 is 1.81 bits per heavy atom. The molecule has 0 spiro atoms. The number of carbonyl (C=O) groups excluding carboxylic acids is 1. The number of hydrogen-bond donors (Lipinski definition) is 1. The molecule has 27 heavy (non-hydrogen) atoms. The normalized spacial score (nSPS) is 14.5. The van der Waals surface area contributed by atoms with Crippen LogP contribution in [0.5, 0.6) is 0 Å². The molecular formula is C18H17F3N2O3S. The Bertz CT molecular complexity index is 958. The molecule has 1 N–H and O–H groups in total. The van der Waals surface area contributed by atoms with E-state index in [1.807, 2.05) is 12.1 Å². The Kier molecular flexibility index (Phi) is 5.25. The van der Waals surface area contributed by atoms with Gasteiger partial charge in [0.15, 0.2) is 0 Å². The van der Waals surface area contributed by atoms with Crippen molar-refractivity contribution >= 4 is 21.6 Å². The quantitative estimate of drug-likeness (QED) is 0.814. The van der Waals surface area contributed by atoms with Crippen molar-refractivity contribution in [2.45, 2.75) is 18.3 Å². The lowest BCUT2D eigenvalue weighted by Crippen LogP contribution is -2.37. The number of amides is 1. The molecule has 2 aromatic rings. The topological polar surface area (TPSA) is 66.5 Å². The van der Waals surface area contributed by atoms with Crippen molar-refractivity contribution in [1.29, 1.82) is 0 Å². The number of sulfonamides is 1. The molecule has 0 atom stereocenters. The number of nitrogens with one attached hydrogen (secondary N) is 1. The lowest BCUT2D eigenvalue weighted by molar-refractivity contribution is -0.137. The monoisotopic (exact) mass is 398 g/mol. The minimum absolute atomic E-state index is 0.0264. The van der Waals surface area contributed by atoms with Crippen molar-refractivity contribution in [2.24, 2.45) is 0 Å². The zero-order valence-corrected chi connectivity index (χ0v) is 15.0. The van der Waals surface area contributed by atoms with Crippen LogP contribution in [0.3, 0.4) is 0 Å². The van der Waals surface area contributed by atoms with Crippen LogP contribution in [-0.2, 0) is 33.2 Å². The lowest BCUT2D eigenvalue weighted by atomic mass is 10.1. The van der Waals surface area contributed by atoms with Gasteiger partial charge in [0, 0.05) is 18.8 Å². The van der Waals surface area contributed by atoms with Crippen LogP contribution in [0.15, 0.2) is 48.5 Å². The second kappa shape index (κ2) is 7.32. The van der Waals surface area contributed by atoms with Gasteiger partial charge in [-0.3, -0.25) is 4.79 Å². The Labute approximate surface area is 154 Å². The molecule has 1 aliphatic heterocycles. The summed E-state index contributed by atoms with van der Waals surface area (Å²) >= 11 is 0. The van der Waals surface area contributed by atoms with Gasteiger partial charge in [-0.05, 0) is 23.3 Å². The fraction of sp³-hybridized carbons (Fsp3) is 0.278. The molecule has 0 unspecified atom stereocenters. The number of halogens is 3. The summed E-state index contributed by atoms with van der Waals surface area (Å²) < 4.78 is 64.9. The summed E-state index contributed by atoms with van der Waals surface area (Å²) in [5.74, 6) is -0.685. The van der Waals surface area contributed by atoms with Crippen LogP contribution < -0.4 is 9.62 Å². The van der Waals surface area contributed by atoms with Gasteiger partial charge in [-0.2, -0.15) is 13.2 Å². The van der Waals surface area contributed by atoms with Crippen LogP contribution in [0.4, 0.5) is 18.9 Å². The second-order valence-corrected chi connectivity index (χ2v) is 8.01. The summed E-state index contributed by atoms with van der Waals surface area (Å²) in [6.07, 6.45) is -4.26. The average molecular weight is 398 g/mol. The molecule has 3 rings (SSSR count). The molecule has 0 aliphatic carbocycles. The SMILES string of the molecule is O=C1Cc2ccccc2N1CCNS(=O)(=O)Cc1cccc(C(F)(F)F)c1. The molecule has 1 aliphatic rings. The third-order valence-electron chi connectivity index (χ3n) is 4.19. The Hall–Kier alpha value is -2.39. The van der Waals surface area contributed by atoms with Gasteiger partial charge in [0.25, 0.3) is 0 Å². The number of para-hydroxylation sites is 1. The van der Waals surface area contributed by atoms with Gasteiger partial charge in [0.1, 0.15) is 0 Å². The summed E-state index contributed by atoms with van der Waals surface area (Å²) in [4.78, 5) is 13.6. The molecule has 1 heterocycles. The van der Waals surface area contributed by atoms with E-state index in [1.165, 1.54) is 17.0 Å². The molecule has 0 radical (unpaired) electrons. The third-order valence-corrected chi connectivity index (χ3v) is 5.55. The van der Waals surface area contributed by atoms with E-state index in [9.17, 15) is 26.4 Å². The molecule has 1 amide bonds. The van der Waals surface area contributed by atoms with Gasteiger partial charge >= 0.3 is 6.18 Å². The number of benzene rings is 2. The van der Waals surface area contributed by atoms with Gasteiger partial charge < -0.3 is 4.90 Å². The molecule has 0 aromatic heterocycles. The number of hydrogen-bond acceptors (Lipinski definition) is 3. The first-order valence-electron chi connectivity index (χ1n) is 8.17. The highest BCUT2D eigenvalue weighted by atomic mass is 32.2. The Balaban J connectivity index is 1.61. The van der Waals surface area contributed by atoms with Crippen LogP contribution >= 0.6 is 0 Å². The van der Waals surface area contributed by atoms with Crippen LogP contribution in [0, 0.1) is 0 Å². The molecule has 0 saturated carbocycles. The van der Waals surface area contributed by atoms with E-state index in [4.69, 9.17) is 0 Å². The highest BCUT2D eigenvalue weighted by Gasteiger charge is 2.31. The van der Waals surface area contributed by atoms with E-state index in [0.29, 0.717) is 0 Å². The summed E-state index contributed by atoms with van der Waals surface area (Å²) in [5, 5.41) is 0. The maximum Gasteiger partial charge on any atom is 0.416 e. The Morgan fingerprint density at radius 1 is 1.07 bits per heavy atom. The van der Waals surface area contributed by atoms with Gasteiger partial charge in [-0.15, -0.1) is 0 Å². The van der Waals surface area contributed by atoms with Crippen molar-refractivity contribution < 1.29 is 26.4 Å². The molecule has 0 fully saturated rings. The molecule has 5 nitrogen and oxygen atoms in total. The zero-order chi connectivity index (χ0) is 19.7. The van der Waals surface area contributed by atoms with Crippen LogP contribution in [-0.4, -0.2) is 27.4 Å². The van der Waals surface area contributed by atoms with Gasteiger partial charge in [-0.25, -0.2) is 13.1 Å². The fourth-order valence-corrected chi connectivity index (χ4v) is 4.11. The molecule has 144 valence electrons. The first kappa shape index (κ1) is 19.4. The van der Waals surface area contributed by atoms with E-state index >= 15 is 0 Å². The highest BCUT2D eigenvalue weighted by molar-refractivity contribution is 7.88. The minimum atomic E-state index is -4.53. The number of rotatable bonds is 6. The number of fused-ring (bicyclic) bond motifs is 1. The highest BCUT2D eigenvalue weighted by Crippen LogP contribution is 2.30. The fourth-order valence-electron chi connectivity index (χ4n) is 2.98. The molecular weight excluding hydrogens is 381 g/mol. The van der Waals surface area contributed by atoms with Crippen molar-refractivity contribution in [3.05, 3.63) is 65.2 Å². The van der Waals surface area contributed by atoms with Gasteiger partial charge in [0.05, 0.1) is 17.7 Å². The standard InChI is InChI=1S/C18H17F3N2O3S/c19-18(20,21)15-6-3-4-13(10-15)12-27(25,26)22-8-9-23-16-7-2-1-5-14(16)11-17(23)24/h1-7,10,22H,8-9,11-12H2. The van der Waals surface area contributed by atoms with Crippen molar-refractivity contribution in [1.82, 2.24) is 4.72 Å². The minimum Gasteiger partial charge on any atom is -0.311 e. The molecule has 0 saturated heterocycles. The van der Waals surface area contributed by atoms with E-state index in [0.717, 1.165) is 23.4 Å². The maximum atomic E-state index is 12.7. The molecule has 0 bridgehead atoms.